The van der Waals surface area contributed by atoms with Gasteiger partial charge in [0.05, 0.1) is 39.9 Å². The van der Waals surface area contributed by atoms with Crippen LogP contribution in [0.3, 0.4) is 0 Å². The van der Waals surface area contributed by atoms with E-state index < -0.39 is 33.4 Å². The molecule has 6 rings (SSSR count). The molecule has 2 aromatic rings. The predicted molar refractivity (Wildman–Crippen MR) is 171 cm³/mol. The van der Waals surface area contributed by atoms with E-state index in [4.69, 9.17) is 11.6 Å². The molecular weight excluding hydrogens is 582 g/mol. The van der Waals surface area contributed by atoms with Crippen LogP contribution in [0, 0.1) is 24.7 Å². The molecule has 9 heteroatoms. The minimum atomic E-state index is -1.00. The van der Waals surface area contributed by atoms with Gasteiger partial charge in [0.25, 0.3) is 5.91 Å². The highest BCUT2D eigenvalue weighted by Crippen LogP contribution is 2.66. The van der Waals surface area contributed by atoms with Gasteiger partial charge in [-0.25, -0.2) is 0 Å². The first-order valence-electron chi connectivity index (χ1n) is 14.9. The van der Waals surface area contributed by atoms with Crippen molar-refractivity contribution >= 4 is 46.8 Å². The summed E-state index contributed by atoms with van der Waals surface area (Å²) in [6, 6.07) is 13.9. The number of aryl methyl sites for hydroxylation is 1. The van der Waals surface area contributed by atoms with E-state index in [9.17, 15) is 19.5 Å². The second kappa shape index (κ2) is 11.1. The zero-order chi connectivity index (χ0) is 30.7. The van der Waals surface area contributed by atoms with Gasteiger partial charge in [-0.1, -0.05) is 92.2 Å². The number of anilines is 1. The van der Waals surface area contributed by atoms with E-state index in [2.05, 4.69) is 6.08 Å². The van der Waals surface area contributed by atoms with Gasteiger partial charge in [-0.05, 0) is 37.0 Å². The Morgan fingerprint density at radius 1 is 0.953 bits per heavy atom. The molecule has 4 aliphatic heterocycles. The quantitative estimate of drug-likeness (QED) is 0.468. The summed E-state index contributed by atoms with van der Waals surface area (Å²) in [5.74, 6) is -2.16. The van der Waals surface area contributed by atoms with Gasteiger partial charge in [-0.2, -0.15) is 0 Å². The molecule has 1 spiro atoms. The van der Waals surface area contributed by atoms with Crippen LogP contribution < -0.4 is 4.90 Å². The number of fused-ring (bicyclic) bond motifs is 2. The normalized spacial score (nSPS) is 30.8. The number of benzene rings is 2. The van der Waals surface area contributed by atoms with Crippen LogP contribution in [0.4, 0.5) is 5.69 Å². The van der Waals surface area contributed by atoms with E-state index in [1.807, 2.05) is 93.3 Å². The Kier molecular flexibility index (Phi) is 7.76. The van der Waals surface area contributed by atoms with Crippen LogP contribution in [0.2, 0.25) is 5.02 Å². The molecule has 0 aliphatic carbocycles. The molecule has 1 unspecified atom stereocenters. The topological polar surface area (TPSA) is 81.2 Å². The molecule has 0 bridgehead atoms. The fourth-order valence-corrected chi connectivity index (χ4v) is 10.1. The monoisotopic (exact) mass is 619 g/mol. The highest BCUT2D eigenvalue weighted by atomic mass is 35.5. The number of para-hydroxylation sites is 1. The molecule has 2 aromatic carbocycles. The van der Waals surface area contributed by atoms with Crippen LogP contribution in [0.5, 0.6) is 0 Å². The summed E-state index contributed by atoms with van der Waals surface area (Å²) < 4.78 is -1.71. The number of aliphatic hydroxyl groups is 1. The molecule has 226 valence electrons. The van der Waals surface area contributed by atoms with E-state index in [1.165, 1.54) is 0 Å². The zero-order valence-electron chi connectivity index (χ0n) is 24.9. The molecular formula is C34H38ClN3O4S. The van der Waals surface area contributed by atoms with Crippen molar-refractivity contribution in [1.82, 2.24) is 9.80 Å². The average molecular weight is 620 g/mol. The molecule has 6 atom stereocenters. The number of amides is 3. The van der Waals surface area contributed by atoms with Crippen LogP contribution in [0.1, 0.15) is 31.9 Å². The fourth-order valence-electron chi connectivity index (χ4n) is 7.60. The maximum atomic E-state index is 14.9. The molecule has 7 nitrogen and oxygen atoms in total. The van der Waals surface area contributed by atoms with Gasteiger partial charge in [0.15, 0.2) is 0 Å². The lowest BCUT2D eigenvalue weighted by atomic mass is 9.74. The maximum absolute atomic E-state index is 14.9. The lowest BCUT2D eigenvalue weighted by Crippen LogP contribution is -2.58. The summed E-state index contributed by atoms with van der Waals surface area (Å²) in [7, 11) is 0. The molecule has 0 saturated carbocycles. The highest BCUT2D eigenvalue weighted by Gasteiger charge is 2.74. The summed E-state index contributed by atoms with van der Waals surface area (Å²) in [6.07, 6.45) is 8.05. The van der Waals surface area contributed by atoms with Gasteiger partial charge in [-0.3, -0.25) is 14.4 Å². The third-order valence-corrected chi connectivity index (χ3v) is 11.7. The molecule has 0 aromatic heterocycles. The number of hydrogen-bond acceptors (Lipinski definition) is 5. The number of rotatable bonds is 6. The van der Waals surface area contributed by atoms with Gasteiger partial charge in [-0.15, -0.1) is 11.8 Å². The second-order valence-electron chi connectivity index (χ2n) is 12.6. The summed E-state index contributed by atoms with van der Waals surface area (Å²) in [5, 5.41) is 11.0. The highest BCUT2D eigenvalue weighted by molar-refractivity contribution is 8.02. The summed E-state index contributed by atoms with van der Waals surface area (Å²) in [5.41, 5.74) is 2.48. The molecule has 0 radical (unpaired) electrons. The number of nitrogens with zero attached hydrogens (tertiary/aromatic N) is 3. The number of carbonyl (C=O) groups is 3. The average Bonchev–Trinajstić information content (AvgIpc) is 3.24. The van der Waals surface area contributed by atoms with Crippen LogP contribution in [0.25, 0.3) is 0 Å². The number of aliphatic hydroxyl groups excluding tert-OH is 1. The van der Waals surface area contributed by atoms with Crippen molar-refractivity contribution < 1.29 is 19.5 Å². The lowest BCUT2D eigenvalue weighted by molar-refractivity contribution is -0.146. The van der Waals surface area contributed by atoms with Crippen molar-refractivity contribution in [2.24, 2.45) is 17.8 Å². The zero-order valence-corrected chi connectivity index (χ0v) is 26.5. The van der Waals surface area contributed by atoms with Crippen LogP contribution in [0.15, 0.2) is 72.8 Å². The van der Waals surface area contributed by atoms with Gasteiger partial charge in [0.1, 0.15) is 6.04 Å². The molecule has 2 fully saturated rings. The summed E-state index contributed by atoms with van der Waals surface area (Å²) in [6.45, 7) is 8.70. The van der Waals surface area contributed by atoms with Crippen molar-refractivity contribution in [3.8, 4) is 0 Å². The fraction of sp³-hybridized carbons (Fsp3) is 0.441. The van der Waals surface area contributed by atoms with Gasteiger partial charge in [0, 0.05) is 24.4 Å². The maximum Gasteiger partial charge on any atom is 0.251 e. The van der Waals surface area contributed by atoms with Gasteiger partial charge >= 0.3 is 0 Å². The Hall–Kier alpha value is -3.07. The predicted octanol–water partition coefficient (Wildman–Crippen LogP) is 4.85. The lowest BCUT2D eigenvalue weighted by Gasteiger charge is -2.41. The third-order valence-electron chi connectivity index (χ3n) is 9.57. The number of likely N-dealkylation sites (tertiary alicyclic amines) is 1. The summed E-state index contributed by atoms with van der Waals surface area (Å²) >= 11 is 8.23. The van der Waals surface area contributed by atoms with Crippen molar-refractivity contribution in [3.63, 3.8) is 0 Å². The van der Waals surface area contributed by atoms with Crippen molar-refractivity contribution in [2.45, 2.75) is 55.8 Å². The van der Waals surface area contributed by atoms with Gasteiger partial charge < -0.3 is 19.8 Å². The van der Waals surface area contributed by atoms with E-state index in [0.29, 0.717) is 23.8 Å². The molecule has 1 N–H and O–H groups in total. The van der Waals surface area contributed by atoms with Crippen molar-refractivity contribution in [2.75, 3.05) is 24.6 Å². The molecule has 4 heterocycles. The standard InChI is InChI=1S/C34H38ClN3O4S/c1-21(2)25(20-39)38-29-32(42)37(28-22(3)11-8-14-24(28)35)18-10-16-34(29)27(31(38)41)26-30(40)36(17-9-15-33(26,4)43-34)19-23-12-6-5-7-13-23/h5-16,21,25-27,29,39H,17-20H2,1-4H3/t25-,26-,27-,29?,33+,34-/m0/s1. The van der Waals surface area contributed by atoms with Crippen LogP contribution in [-0.2, 0) is 20.9 Å². The number of halogens is 1. The Balaban J connectivity index is 1.49. The second-order valence-corrected chi connectivity index (χ2v) is 14.8. The molecule has 2 saturated heterocycles. The third kappa shape index (κ3) is 4.64. The molecule has 3 amide bonds. The first-order valence-corrected chi connectivity index (χ1v) is 16.1. The molecule has 4 aliphatic rings. The number of hydrogen-bond donors (Lipinski definition) is 1. The van der Waals surface area contributed by atoms with E-state index >= 15 is 0 Å². The minimum absolute atomic E-state index is 0.0892. The van der Waals surface area contributed by atoms with Gasteiger partial charge in [0.2, 0.25) is 11.8 Å². The minimum Gasteiger partial charge on any atom is -0.394 e. The smallest absolute Gasteiger partial charge is 0.251 e. The Bertz CT molecular complexity index is 1490. The Morgan fingerprint density at radius 3 is 2.35 bits per heavy atom. The Morgan fingerprint density at radius 2 is 1.67 bits per heavy atom. The van der Waals surface area contributed by atoms with Crippen LogP contribution in [-0.4, -0.2) is 73.9 Å². The van der Waals surface area contributed by atoms with E-state index in [0.717, 1.165) is 11.1 Å². The van der Waals surface area contributed by atoms with E-state index in [1.54, 1.807) is 27.6 Å². The van der Waals surface area contributed by atoms with Crippen molar-refractivity contribution in [3.05, 3.63) is 89.0 Å². The van der Waals surface area contributed by atoms with Crippen molar-refractivity contribution in [1.29, 1.82) is 0 Å². The van der Waals surface area contributed by atoms with Crippen LogP contribution >= 0.6 is 23.4 Å². The van der Waals surface area contributed by atoms with E-state index in [-0.39, 0.29) is 36.8 Å². The molecule has 43 heavy (non-hydrogen) atoms. The Labute approximate surface area is 262 Å². The number of carbonyl (C=O) groups excluding carboxylic acids is 3. The largest absolute Gasteiger partial charge is 0.394 e. The number of thioether (sulfide) groups is 1. The SMILES string of the molecule is Cc1cccc(Cl)c1N1CC=C[C@]23S[C@]4(C)C=CCN(Cc5ccccc5)C(=O)[C@@H]4[C@H]2C(=O)N([C@@H](CO)C(C)C)C3C1=O. The first kappa shape index (κ1) is 30.0. The first-order chi connectivity index (χ1) is 20.5. The summed E-state index contributed by atoms with van der Waals surface area (Å²) in [4.78, 5) is 49.3.